The van der Waals surface area contributed by atoms with Gasteiger partial charge < -0.3 is 20.7 Å². The summed E-state index contributed by atoms with van der Waals surface area (Å²) in [5, 5.41) is 3.06. The zero-order valence-electron chi connectivity index (χ0n) is 12.7. The van der Waals surface area contributed by atoms with Crippen LogP contribution in [0.5, 0.6) is 0 Å². The minimum atomic E-state index is -0.622. The van der Waals surface area contributed by atoms with Gasteiger partial charge in [0.05, 0.1) is 5.54 Å². The predicted octanol–water partition coefficient (Wildman–Crippen LogP) is 0.587. The fourth-order valence-electron chi connectivity index (χ4n) is 2.84. The van der Waals surface area contributed by atoms with E-state index < -0.39 is 5.54 Å². The molecule has 2 unspecified atom stereocenters. The number of hydrogen-bond acceptors (Lipinski definition) is 4. The van der Waals surface area contributed by atoms with Crippen molar-refractivity contribution >= 4 is 5.91 Å². The molecule has 1 saturated heterocycles. The molecule has 112 valence electrons. The summed E-state index contributed by atoms with van der Waals surface area (Å²) in [6, 6.07) is 0.355. The maximum atomic E-state index is 11.5. The Morgan fingerprint density at radius 3 is 2.53 bits per heavy atom. The summed E-state index contributed by atoms with van der Waals surface area (Å²) in [7, 11) is 3.56. The number of rotatable bonds is 7. The number of carbonyl (C=O) groups is 1. The van der Waals surface area contributed by atoms with Crippen LogP contribution < -0.4 is 11.1 Å². The number of nitrogens with one attached hydrogen (secondary N) is 1. The van der Waals surface area contributed by atoms with E-state index in [-0.39, 0.29) is 5.91 Å². The number of ether oxygens (including phenoxy) is 1. The molecule has 19 heavy (non-hydrogen) atoms. The summed E-state index contributed by atoms with van der Waals surface area (Å²) >= 11 is 0. The van der Waals surface area contributed by atoms with Gasteiger partial charge in [-0.2, -0.15) is 0 Å². The molecule has 1 fully saturated rings. The summed E-state index contributed by atoms with van der Waals surface area (Å²) < 4.78 is 5.22. The largest absolute Gasteiger partial charge is 0.384 e. The number of likely N-dealkylation sites (N-methyl/N-ethyl adjacent to an activating group) is 1. The van der Waals surface area contributed by atoms with Gasteiger partial charge in [0.2, 0.25) is 5.91 Å². The van der Waals surface area contributed by atoms with Crippen LogP contribution in [0.25, 0.3) is 0 Å². The van der Waals surface area contributed by atoms with Crippen molar-refractivity contribution in [2.45, 2.75) is 44.7 Å². The van der Waals surface area contributed by atoms with E-state index >= 15 is 0 Å². The number of hydrogen-bond donors (Lipinski definition) is 2. The van der Waals surface area contributed by atoms with Gasteiger partial charge in [-0.25, -0.2) is 0 Å². The van der Waals surface area contributed by atoms with Gasteiger partial charge in [-0.3, -0.25) is 4.79 Å². The zero-order valence-corrected chi connectivity index (χ0v) is 12.7. The molecule has 0 spiro atoms. The third-order valence-electron chi connectivity index (χ3n) is 4.47. The Morgan fingerprint density at radius 1 is 1.53 bits per heavy atom. The van der Waals surface area contributed by atoms with Crippen molar-refractivity contribution < 1.29 is 9.53 Å². The summed E-state index contributed by atoms with van der Waals surface area (Å²) in [6.07, 6.45) is 3.09. The molecule has 3 N–H and O–H groups in total. The fraction of sp³-hybridized carbons (Fsp3) is 0.929. The van der Waals surface area contributed by atoms with Crippen LogP contribution in [0.2, 0.25) is 0 Å². The van der Waals surface area contributed by atoms with Gasteiger partial charge >= 0.3 is 0 Å². The molecular weight excluding hydrogens is 242 g/mol. The molecule has 1 amide bonds. The predicted molar refractivity (Wildman–Crippen MR) is 76.9 cm³/mol. The van der Waals surface area contributed by atoms with E-state index in [4.69, 9.17) is 10.5 Å². The Hall–Kier alpha value is -0.650. The van der Waals surface area contributed by atoms with Crippen LogP contribution in [-0.4, -0.2) is 56.2 Å². The van der Waals surface area contributed by atoms with Gasteiger partial charge in [0.25, 0.3) is 0 Å². The number of likely N-dealkylation sites (tertiary alicyclic amines) is 1. The average Bonchev–Trinajstić information content (AvgIpc) is 2.39. The number of methoxy groups -OCH3 is 1. The molecule has 0 aromatic carbocycles. The second-order valence-corrected chi connectivity index (χ2v) is 5.93. The average molecular weight is 271 g/mol. The van der Waals surface area contributed by atoms with Crippen molar-refractivity contribution in [2.24, 2.45) is 11.7 Å². The Morgan fingerprint density at radius 2 is 2.11 bits per heavy atom. The molecule has 0 saturated carbocycles. The van der Waals surface area contributed by atoms with Crippen LogP contribution in [0, 0.1) is 5.92 Å². The first-order chi connectivity index (χ1) is 8.92. The molecule has 5 heteroatoms. The maximum Gasteiger partial charge on any atom is 0.237 e. The summed E-state index contributed by atoms with van der Waals surface area (Å²) in [4.78, 5) is 14.0. The fourth-order valence-corrected chi connectivity index (χ4v) is 2.84. The molecular formula is C14H29N3O2. The van der Waals surface area contributed by atoms with E-state index in [1.165, 1.54) is 12.8 Å². The van der Waals surface area contributed by atoms with Crippen LogP contribution >= 0.6 is 0 Å². The SMILES string of the molecule is CNC(C)(CC(C)N1CCC(COC)CC1)C(N)=O. The van der Waals surface area contributed by atoms with E-state index in [2.05, 4.69) is 17.1 Å². The quantitative estimate of drug-likeness (QED) is 0.711. The van der Waals surface area contributed by atoms with Crippen molar-refractivity contribution in [1.29, 1.82) is 0 Å². The smallest absolute Gasteiger partial charge is 0.237 e. The van der Waals surface area contributed by atoms with Crippen LogP contribution in [-0.2, 0) is 9.53 Å². The van der Waals surface area contributed by atoms with E-state index in [9.17, 15) is 4.79 Å². The van der Waals surface area contributed by atoms with E-state index in [0.29, 0.717) is 12.0 Å². The molecule has 0 radical (unpaired) electrons. The maximum absolute atomic E-state index is 11.5. The highest BCUT2D eigenvalue weighted by Crippen LogP contribution is 2.23. The van der Waals surface area contributed by atoms with E-state index in [1.54, 1.807) is 14.2 Å². The number of nitrogens with zero attached hydrogens (tertiary/aromatic N) is 1. The topological polar surface area (TPSA) is 67.6 Å². The lowest BCUT2D eigenvalue weighted by atomic mass is 9.90. The van der Waals surface area contributed by atoms with Crippen molar-refractivity contribution in [3.05, 3.63) is 0 Å². The van der Waals surface area contributed by atoms with Crippen LogP contribution in [0.15, 0.2) is 0 Å². The van der Waals surface area contributed by atoms with E-state index in [0.717, 1.165) is 26.1 Å². The summed E-state index contributed by atoms with van der Waals surface area (Å²) in [6.45, 7) is 7.07. The Bertz CT molecular complexity index is 290. The normalized spacial score (nSPS) is 22.9. The third kappa shape index (κ3) is 4.44. The van der Waals surface area contributed by atoms with Gasteiger partial charge in [0, 0.05) is 19.8 Å². The minimum absolute atomic E-state index is 0.281. The van der Waals surface area contributed by atoms with Crippen molar-refractivity contribution in [2.75, 3.05) is 33.9 Å². The van der Waals surface area contributed by atoms with Crippen molar-refractivity contribution in [3.63, 3.8) is 0 Å². The number of primary amides is 1. The molecule has 0 aromatic heterocycles. The highest BCUT2D eigenvalue weighted by atomic mass is 16.5. The second kappa shape index (κ2) is 7.22. The lowest BCUT2D eigenvalue weighted by Gasteiger charge is -2.39. The molecule has 0 aromatic rings. The molecule has 1 rings (SSSR count). The molecule has 1 aliphatic rings. The Kier molecular flexibility index (Phi) is 6.23. The molecule has 1 heterocycles. The van der Waals surface area contributed by atoms with Crippen LogP contribution in [0.1, 0.15) is 33.1 Å². The second-order valence-electron chi connectivity index (χ2n) is 5.93. The van der Waals surface area contributed by atoms with Gasteiger partial charge in [0.15, 0.2) is 0 Å². The first kappa shape index (κ1) is 16.4. The molecule has 5 nitrogen and oxygen atoms in total. The van der Waals surface area contributed by atoms with Crippen molar-refractivity contribution in [1.82, 2.24) is 10.2 Å². The number of carbonyl (C=O) groups excluding carboxylic acids is 1. The van der Waals surface area contributed by atoms with Gasteiger partial charge in [-0.1, -0.05) is 0 Å². The molecule has 2 atom stereocenters. The van der Waals surface area contributed by atoms with Gasteiger partial charge in [0.1, 0.15) is 0 Å². The summed E-state index contributed by atoms with van der Waals surface area (Å²) in [5.74, 6) is 0.399. The molecule has 0 aliphatic carbocycles. The number of amides is 1. The Labute approximate surface area is 116 Å². The van der Waals surface area contributed by atoms with Gasteiger partial charge in [-0.05, 0) is 59.2 Å². The summed E-state index contributed by atoms with van der Waals surface area (Å²) in [5.41, 5.74) is 4.86. The standard InChI is InChI=1S/C14H29N3O2/c1-11(9-14(2,16-3)13(15)18)17-7-5-12(6-8-17)10-19-4/h11-12,16H,5-10H2,1-4H3,(H2,15,18). The highest BCUT2D eigenvalue weighted by molar-refractivity contribution is 5.84. The number of nitrogens with two attached hydrogens (primary N) is 1. The zero-order chi connectivity index (χ0) is 14.5. The van der Waals surface area contributed by atoms with Crippen molar-refractivity contribution in [3.8, 4) is 0 Å². The minimum Gasteiger partial charge on any atom is -0.384 e. The Balaban J connectivity index is 2.47. The monoisotopic (exact) mass is 271 g/mol. The lowest BCUT2D eigenvalue weighted by Crippen LogP contribution is -2.55. The molecule has 0 bridgehead atoms. The van der Waals surface area contributed by atoms with Crippen LogP contribution in [0.4, 0.5) is 0 Å². The third-order valence-corrected chi connectivity index (χ3v) is 4.47. The lowest BCUT2D eigenvalue weighted by molar-refractivity contribution is -0.124. The van der Waals surface area contributed by atoms with Gasteiger partial charge in [-0.15, -0.1) is 0 Å². The highest BCUT2D eigenvalue weighted by Gasteiger charge is 2.33. The number of piperidine rings is 1. The molecule has 1 aliphatic heterocycles. The first-order valence-corrected chi connectivity index (χ1v) is 7.14. The van der Waals surface area contributed by atoms with Crippen LogP contribution in [0.3, 0.4) is 0 Å². The first-order valence-electron chi connectivity index (χ1n) is 7.14. The van der Waals surface area contributed by atoms with E-state index in [1.807, 2.05) is 6.92 Å².